The van der Waals surface area contributed by atoms with E-state index in [1.54, 1.807) is 0 Å². The van der Waals surface area contributed by atoms with Crippen molar-refractivity contribution in [1.82, 2.24) is 4.57 Å². The molecule has 7 rings (SSSR count). The Morgan fingerprint density at radius 1 is 0.639 bits per heavy atom. The molecule has 0 amide bonds. The van der Waals surface area contributed by atoms with Gasteiger partial charge in [0.2, 0.25) is 0 Å². The van der Waals surface area contributed by atoms with Gasteiger partial charge in [-0.1, -0.05) is 98.8 Å². The predicted molar refractivity (Wildman–Crippen MR) is 155 cm³/mol. The van der Waals surface area contributed by atoms with Crippen molar-refractivity contribution in [2.75, 3.05) is 4.90 Å². The molecule has 0 saturated heterocycles. The first-order chi connectivity index (χ1) is 17.9. The summed E-state index contributed by atoms with van der Waals surface area (Å²) in [4.78, 5) is 2.42. The quantitative estimate of drug-likeness (QED) is 0.246. The van der Waals surface area contributed by atoms with Crippen LogP contribution in [-0.4, -0.2) is 4.57 Å². The maximum Gasteiger partial charge on any atom is 0.123 e. The Kier molecular flexibility index (Phi) is 5.79. The second-order valence-corrected chi connectivity index (χ2v) is 8.96. The zero-order valence-corrected chi connectivity index (χ0v) is 20.9. The average Bonchev–Trinajstić information content (AvgIpc) is 3.28. The summed E-state index contributed by atoms with van der Waals surface area (Å²) in [6, 6.07) is 37.5. The molecule has 36 heavy (non-hydrogen) atoms. The number of allylic oxidation sites excluding steroid dienone is 4. The van der Waals surface area contributed by atoms with Crippen molar-refractivity contribution in [3.05, 3.63) is 127 Å². The molecule has 0 spiro atoms. The summed E-state index contributed by atoms with van der Waals surface area (Å²) in [5, 5.41) is 1.24. The first-order valence-corrected chi connectivity index (χ1v) is 12.9. The largest absolute Gasteiger partial charge is 0.295 e. The highest BCUT2D eigenvalue weighted by molar-refractivity contribution is 5.99. The fourth-order valence-corrected chi connectivity index (χ4v) is 5.40. The number of fused-ring (bicyclic) bond motifs is 7. The van der Waals surface area contributed by atoms with E-state index in [-0.39, 0.29) is 0 Å². The molecule has 176 valence electrons. The number of benzene rings is 4. The summed E-state index contributed by atoms with van der Waals surface area (Å²) in [6.45, 7) is 4.00. The van der Waals surface area contributed by atoms with Gasteiger partial charge in [0, 0.05) is 22.2 Å². The third-order valence-corrected chi connectivity index (χ3v) is 6.93. The second kappa shape index (κ2) is 9.39. The average molecular weight is 467 g/mol. The summed E-state index contributed by atoms with van der Waals surface area (Å²) in [5.74, 6) is 1.16. The minimum Gasteiger partial charge on any atom is -0.295 e. The molecule has 0 atom stereocenters. The van der Waals surface area contributed by atoms with E-state index in [1.807, 2.05) is 13.8 Å². The molecule has 2 aliphatic rings. The summed E-state index contributed by atoms with van der Waals surface area (Å²) in [5.41, 5.74) is 9.85. The number of aromatic nitrogens is 1. The fraction of sp³-hybridized carbons (Fsp3) is 0.118. The molecule has 2 heteroatoms. The number of nitrogens with zero attached hydrogens (tertiary/aromatic N) is 2. The van der Waals surface area contributed by atoms with Gasteiger partial charge in [0.25, 0.3) is 0 Å². The van der Waals surface area contributed by atoms with E-state index < -0.39 is 0 Å². The SMILES string of the molecule is C1=CC(c2cccc(N3c4ccccc4-c4ccccc4-n4c3cc3ccccc34)c2)=CCC1.CC. The van der Waals surface area contributed by atoms with Crippen molar-refractivity contribution in [3.8, 4) is 16.8 Å². The number of para-hydroxylation sites is 3. The monoisotopic (exact) mass is 466 g/mol. The minimum atomic E-state index is 1.10. The van der Waals surface area contributed by atoms with E-state index in [0.29, 0.717) is 0 Å². The lowest BCUT2D eigenvalue weighted by Crippen LogP contribution is -2.13. The van der Waals surface area contributed by atoms with Gasteiger partial charge in [0.05, 0.1) is 16.9 Å². The standard InChI is InChI=1S/C32H24N2.C2H6/c1-2-11-23(12-3-1)24-14-10-15-26(21-24)33-30-19-8-5-16-27(30)28-17-6-9-20-31(28)34-29-18-7-4-13-25(29)22-32(33)34;1-2/h2,4-22H,1,3H2;1-2H3. The molecule has 0 radical (unpaired) electrons. The van der Waals surface area contributed by atoms with Crippen LogP contribution < -0.4 is 4.90 Å². The van der Waals surface area contributed by atoms with Gasteiger partial charge in [-0.25, -0.2) is 0 Å². The van der Waals surface area contributed by atoms with Gasteiger partial charge in [0.1, 0.15) is 5.82 Å². The Labute approximate surface area is 213 Å². The smallest absolute Gasteiger partial charge is 0.123 e. The van der Waals surface area contributed by atoms with E-state index in [2.05, 4.69) is 131 Å². The Bertz CT molecular complexity index is 1620. The molecule has 0 fully saturated rings. The molecule has 2 heterocycles. The molecule has 4 aromatic carbocycles. The van der Waals surface area contributed by atoms with Gasteiger partial charge in [-0.3, -0.25) is 9.47 Å². The summed E-state index contributed by atoms with van der Waals surface area (Å²) >= 11 is 0. The minimum absolute atomic E-state index is 1.10. The molecule has 1 aliphatic heterocycles. The van der Waals surface area contributed by atoms with Crippen molar-refractivity contribution in [3.63, 3.8) is 0 Å². The van der Waals surface area contributed by atoms with E-state index >= 15 is 0 Å². The molecule has 2 nitrogen and oxygen atoms in total. The van der Waals surface area contributed by atoms with Crippen LogP contribution in [0.3, 0.4) is 0 Å². The summed E-state index contributed by atoms with van der Waals surface area (Å²) in [6.07, 6.45) is 9.11. The van der Waals surface area contributed by atoms with Crippen LogP contribution in [0.25, 0.3) is 33.3 Å². The summed E-state index contributed by atoms with van der Waals surface area (Å²) < 4.78 is 2.41. The van der Waals surface area contributed by atoms with Crippen molar-refractivity contribution in [2.45, 2.75) is 26.7 Å². The van der Waals surface area contributed by atoms with Crippen molar-refractivity contribution in [2.24, 2.45) is 0 Å². The van der Waals surface area contributed by atoms with Crippen LogP contribution in [0.1, 0.15) is 32.3 Å². The number of anilines is 3. The molecular weight excluding hydrogens is 436 g/mol. The maximum absolute atomic E-state index is 2.42. The van der Waals surface area contributed by atoms with Gasteiger partial charge in [-0.15, -0.1) is 0 Å². The number of hydrogen-bond donors (Lipinski definition) is 0. The van der Waals surface area contributed by atoms with E-state index in [9.17, 15) is 0 Å². The van der Waals surface area contributed by atoms with Crippen LogP contribution >= 0.6 is 0 Å². The number of hydrogen-bond acceptors (Lipinski definition) is 1. The Balaban J connectivity index is 0.00000117. The van der Waals surface area contributed by atoms with Crippen molar-refractivity contribution >= 4 is 33.7 Å². The van der Waals surface area contributed by atoms with E-state index in [1.165, 1.54) is 50.2 Å². The first kappa shape index (κ1) is 22.2. The normalized spacial score (nSPS) is 13.6. The van der Waals surface area contributed by atoms with Gasteiger partial charge in [0.15, 0.2) is 0 Å². The molecule has 5 aromatic rings. The van der Waals surface area contributed by atoms with Crippen LogP contribution in [0.2, 0.25) is 0 Å². The predicted octanol–water partition coefficient (Wildman–Crippen LogP) is 9.84. The molecule has 0 N–H and O–H groups in total. The Hall–Kier alpha value is -4.30. The van der Waals surface area contributed by atoms with Gasteiger partial charge in [-0.2, -0.15) is 0 Å². The van der Waals surface area contributed by atoms with E-state index in [0.717, 1.165) is 18.7 Å². The van der Waals surface area contributed by atoms with Gasteiger partial charge in [-0.05, 0) is 60.4 Å². The Morgan fingerprint density at radius 3 is 2.17 bits per heavy atom. The molecule has 1 aromatic heterocycles. The fourth-order valence-electron chi connectivity index (χ4n) is 5.40. The van der Waals surface area contributed by atoms with Crippen molar-refractivity contribution < 1.29 is 0 Å². The third-order valence-electron chi connectivity index (χ3n) is 6.93. The molecule has 0 unspecified atom stereocenters. The lowest BCUT2D eigenvalue weighted by atomic mass is 9.98. The lowest BCUT2D eigenvalue weighted by molar-refractivity contribution is 1.04. The van der Waals surface area contributed by atoms with Crippen LogP contribution in [0.5, 0.6) is 0 Å². The highest BCUT2D eigenvalue weighted by Crippen LogP contribution is 2.48. The second-order valence-electron chi connectivity index (χ2n) is 8.96. The van der Waals surface area contributed by atoms with Crippen molar-refractivity contribution in [1.29, 1.82) is 0 Å². The van der Waals surface area contributed by atoms with Crippen LogP contribution in [0.15, 0.2) is 121 Å². The maximum atomic E-state index is 2.42. The van der Waals surface area contributed by atoms with Crippen LogP contribution in [-0.2, 0) is 0 Å². The third kappa shape index (κ3) is 3.58. The molecule has 0 saturated carbocycles. The van der Waals surface area contributed by atoms with Crippen LogP contribution in [0, 0.1) is 0 Å². The Morgan fingerprint density at radius 2 is 1.36 bits per heavy atom. The molecular formula is C34H30N2. The molecule has 1 aliphatic carbocycles. The van der Waals surface area contributed by atoms with Crippen LogP contribution in [0.4, 0.5) is 17.2 Å². The first-order valence-electron chi connectivity index (χ1n) is 12.9. The van der Waals surface area contributed by atoms with Gasteiger partial charge >= 0.3 is 0 Å². The summed E-state index contributed by atoms with van der Waals surface area (Å²) in [7, 11) is 0. The molecule has 0 bridgehead atoms. The highest BCUT2D eigenvalue weighted by Gasteiger charge is 2.27. The zero-order valence-electron chi connectivity index (χ0n) is 20.9. The van der Waals surface area contributed by atoms with E-state index in [4.69, 9.17) is 0 Å². The topological polar surface area (TPSA) is 8.17 Å². The zero-order chi connectivity index (χ0) is 24.5. The number of rotatable bonds is 2. The lowest BCUT2D eigenvalue weighted by Gasteiger charge is -2.26. The highest BCUT2D eigenvalue weighted by atomic mass is 15.3. The van der Waals surface area contributed by atoms with Gasteiger partial charge < -0.3 is 0 Å².